The number of morpholine rings is 1. The van der Waals surface area contributed by atoms with E-state index in [4.69, 9.17) is 10.5 Å². The molecule has 2 heterocycles. The van der Waals surface area contributed by atoms with Gasteiger partial charge in [0.05, 0.1) is 13.2 Å². The van der Waals surface area contributed by atoms with Gasteiger partial charge >= 0.3 is 6.03 Å². The van der Waals surface area contributed by atoms with Crippen LogP contribution >= 0.6 is 0 Å². The molecular formula is C17H22N4O3. The van der Waals surface area contributed by atoms with Gasteiger partial charge < -0.3 is 25.7 Å². The molecule has 1 fully saturated rings. The van der Waals surface area contributed by atoms with Gasteiger partial charge in [0, 0.05) is 29.7 Å². The van der Waals surface area contributed by atoms with Crippen LogP contribution in [0, 0.1) is 13.8 Å². The van der Waals surface area contributed by atoms with Crippen LogP contribution in [0.5, 0.6) is 0 Å². The molecule has 0 saturated carbocycles. The average molecular weight is 330 g/mol. The molecule has 0 bridgehead atoms. The topological polar surface area (TPSA) is 100 Å². The molecule has 1 atom stereocenters. The SMILES string of the molecule is Cc1[nH]c2ccc(CNC(=O)N3CCO[C@@H](C(N)=O)C3)cc2c1C. The average Bonchev–Trinajstić information content (AvgIpc) is 2.87. The van der Waals surface area contributed by atoms with Crippen molar-refractivity contribution in [1.29, 1.82) is 0 Å². The first-order chi connectivity index (χ1) is 11.5. The number of nitrogens with one attached hydrogen (secondary N) is 2. The Kier molecular flexibility index (Phi) is 4.44. The molecule has 7 nitrogen and oxygen atoms in total. The molecule has 3 rings (SSSR count). The lowest BCUT2D eigenvalue weighted by molar-refractivity contribution is -0.133. The molecule has 0 aliphatic carbocycles. The Balaban J connectivity index is 1.63. The molecule has 24 heavy (non-hydrogen) atoms. The van der Waals surface area contributed by atoms with Crippen LogP contribution in [-0.4, -0.2) is 47.6 Å². The second kappa shape index (κ2) is 6.52. The molecule has 128 valence electrons. The van der Waals surface area contributed by atoms with Crippen LogP contribution < -0.4 is 11.1 Å². The molecule has 1 aromatic carbocycles. The molecule has 4 N–H and O–H groups in total. The molecule has 3 amide bonds. The monoisotopic (exact) mass is 330 g/mol. The zero-order chi connectivity index (χ0) is 17.3. The van der Waals surface area contributed by atoms with Crippen molar-refractivity contribution in [2.24, 2.45) is 5.73 Å². The lowest BCUT2D eigenvalue weighted by Gasteiger charge is -2.31. The van der Waals surface area contributed by atoms with E-state index in [-0.39, 0.29) is 12.6 Å². The molecule has 1 aliphatic rings. The normalized spacial score (nSPS) is 17.9. The summed E-state index contributed by atoms with van der Waals surface area (Å²) in [6.45, 7) is 5.51. The maximum atomic E-state index is 12.3. The molecule has 1 aliphatic heterocycles. The maximum Gasteiger partial charge on any atom is 0.317 e. The van der Waals surface area contributed by atoms with Crippen LogP contribution in [0.1, 0.15) is 16.8 Å². The van der Waals surface area contributed by atoms with E-state index >= 15 is 0 Å². The molecule has 2 aromatic rings. The van der Waals surface area contributed by atoms with Crippen LogP contribution in [0.3, 0.4) is 0 Å². The predicted molar refractivity (Wildman–Crippen MR) is 90.5 cm³/mol. The van der Waals surface area contributed by atoms with Crippen molar-refractivity contribution in [3.8, 4) is 0 Å². The fourth-order valence-corrected chi connectivity index (χ4v) is 2.91. The minimum atomic E-state index is -0.730. The number of carbonyl (C=O) groups is 2. The zero-order valence-electron chi connectivity index (χ0n) is 13.9. The standard InChI is InChI=1S/C17H22N4O3/c1-10-11(2)20-14-4-3-12(7-13(10)14)8-19-17(23)21-5-6-24-15(9-21)16(18)22/h3-4,7,15,20H,5-6,8-9H2,1-2H3,(H2,18,22)(H,19,23)/t15-/m1/s1. The summed E-state index contributed by atoms with van der Waals surface area (Å²) in [7, 11) is 0. The van der Waals surface area contributed by atoms with Crippen molar-refractivity contribution in [3.05, 3.63) is 35.0 Å². The second-order valence-electron chi connectivity index (χ2n) is 6.12. The van der Waals surface area contributed by atoms with Gasteiger partial charge in [-0.1, -0.05) is 6.07 Å². The number of ether oxygens (including phenoxy) is 1. The lowest BCUT2D eigenvalue weighted by Crippen LogP contribution is -2.53. The molecule has 0 radical (unpaired) electrons. The van der Waals surface area contributed by atoms with Gasteiger partial charge in [0.2, 0.25) is 5.91 Å². The van der Waals surface area contributed by atoms with Crippen molar-refractivity contribution in [3.63, 3.8) is 0 Å². The highest BCUT2D eigenvalue weighted by molar-refractivity contribution is 5.85. The summed E-state index contributed by atoms with van der Waals surface area (Å²) in [6.07, 6.45) is -0.730. The fraction of sp³-hybridized carbons (Fsp3) is 0.412. The molecule has 7 heteroatoms. The van der Waals surface area contributed by atoms with E-state index in [1.165, 1.54) is 10.9 Å². The van der Waals surface area contributed by atoms with Gasteiger partial charge in [0.1, 0.15) is 0 Å². The Hall–Kier alpha value is -2.54. The largest absolute Gasteiger partial charge is 0.367 e. The van der Waals surface area contributed by atoms with E-state index < -0.39 is 12.0 Å². The number of H-pyrrole nitrogens is 1. The number of benzene rings is 1. The van der Waals surface area contributed by atoms with E-state index in [1.54, 1.807) is 4.90 Å². The fourth-order valence-electron chi connectivity index (χ4n) is 2.91. The maximum absolute atomic E-state index is 12.3. The number of aromatic amines is 1. The van der Waals surface area contributed by atoms with Gasteiger partial charge in [-0.05, 0) is 37.1 Å². The summed E-state index contributed by atoms with van der Waals surface area (Å²) in [5.74, 6) is -0.545. The Labute approximate surface area is 140 Å². The number of aryl methyl sites for hydroxylation is 2. The number of nitrogens with zero attached hydrogens (tertiary/aromatic N) is 1. The number of amides is 3. The van der Waals surface area contributed by atoms with Gasteiger partial charge in [-0.3, -0.25) is 4.79 Å². The highest BCUT2D eigenvalue weighted by atomic mass is 16.5. The van der Waals surface area contributed by atoms with Crippen molar-refractivity contribution < 1.29 is 14.3 Å². The lowest BCUT2D eigenvalue weighted by atomic mass is 10.1. The highest BCUT2D eigenvalue weighted by Crippen LogP contribution is 2.22. The van der Waals surface area contributed by atoms with Crippen LogP contribution in [0.4, 0.5) is 4.79 Å². The van der Waals surface area contributed by atoms with Crippen molar-refractivity contribution >= 4 is 22.8 Å². The third-order valence-corrected chi connectivity index (χ3v) is 4.49. The number of aromatic nitrogens is 1. The number of rotatable bonds is 3. The number of nitrogens with two attached hydrogens (primary N) is 1. The minimum Gasteiger partial charge on any atom is -0.367 e. The van der Waals surface area contributed by atoms with E-state index in [0.29, 0.717) is 19.7 Å². The second-order valence-corrected chi connectivity index (χ2v) is 6.12. The van der Waals surface area contributed by atoms with Crippen LogP contribution in [-0.2, 0) is 16.1 Å². The molecule has 0 unspecified atom stereocenters. The summed E-state index contributed by atoms with van der Waals surface area (Å²) in [6, 6.07) is 5.88. The summed E-state index contributed by atoms with van der Waals surface area (Å²) in [5.41, 5.74) is 9.73. The number of hydrogen-bond donors (Lipinski definition) is 3. The van der Waals surface area contributed by atoms with Crippen molar-refractivity contribution in [1.82, 2.24) is 15.2 Å². The quantitative estimate of drug-likeness (QED) is 0.788. The van der Waals surface area contributed by atoms with Crippen LogP contribution in [0.2, 0.25) is 0 Å². The number of fused-ring (bicyclic) bond motifs is 1. The first kappa shape index (κ1) is 16.3. The minimum absolute atomic E-state index is 0.191. The zero-order valence-corrected chi connectivity index (χ0v) is 13.9. The third kappa shape index (κ3) is 3.21. The van der Waals surface area contributed by atoms with Gasteiger partial charge in [0.15, 0.2) is 6.10 Å². The van der Waals surface area contributed by atoms with E-state index in [9.17, 15) is 9.59 Å². The summed E-state index contributed by atoms with van der Waals surface area (Å²) < 4.78 is 5.25. The van der Waals surface area contributed by atoms with E-state index in [0.717, 1.165) is 16.8 Å². The smallest absolute Gasteiger partial charge is 0.317 e. The summed E-state index contributed by atoms with van der Waals surface area (Å²) in [4.78, 5) is 28.4. The van der Waals surface area contributed by atoms with Crippen LogP contribution in [0.15, 0.2) is 18.2 Å². The van der Waals surface area contributed by atoms with Crippen LogP contribution in [0.25, 0.3) is 10.9 Å². The van der Waals surface area contributed by atoms with E-state index in [1.807, 2.05) is 19.1 Å². The van der Waals surface area contributed by atoms with Gasteiger partial charge in [-0.2, -0.15) is 0 Å². The van der Waals surface area contributed by atoms with Crippen molar-refractivity contribution in [2.75, 3.05) is 19.7 Å². The Bertz CT molecular complexity index is 783. The number of urea groups is 1. The van der Waals surface area contributed by atoms with Gasteiger partial charge in [-0.25, -0.2) is 4.79 Å². The molecule has 0 spiro atoms. The van der Waals surface area contributed by atoms with Crippen molar-refractivity contribution in [2.45, 2.75) is 26.5 Å². The molecule has 1 saturated heterocycles. The van der Waals surface area contributed by atoms with Gasteiger partial charge in [0.25, 0.3) is 0 Å². The third-order valence-electron chi connectivity index (χ3n) is 4.49. The molecule has 1 aromatic heterocycles. The number of primary amides is 1. The summed E-state index contributed by atoms with van der Waals surface area (Å²) >= 11 is 0. The first-order valence-corrected chi connectivity index (χ1v) is 7.97. The first-order valence-electron chi connectivity index (χ1n) is 7.97. The Morgan fingerprint density at radius 3 is 2.96 bits per heavy atom. The Morgan fingerprint density at radius 2 is 2.21 bits per heavy atom. The summed E-state index contributed by atoms with van der Waals surface area (Å²) in [5, 5.41) is 4.05. The van der Waals surface area contributed by atoms with E-state index in [2.05, 4.69) is 23.3 Å². The number of hydrogen-bond acceptors (Lipinski definition) is 3. The highest BCUT2D eigenvalue weighted by Gasteiger charge is 2.27. The number of carbonyl (C=O) groups excluding carboxylic acids is 2. The van der Waals surface area contributed by atoms with Gasteiger partial charge in [-0.15, -0.1) is 0 Å². The predicted octanol–water partition coefficient (Wildman–Crippen LogP) is 1.18. The molecular weight excluding hydrogens is 308 g/mol. The Morgan fingerprint density at radius 1 is 1.42 bits per heavy atom.